The number of ether oxygens (including phenoxy) is 1. The molecule has 0 amide bonds. The van der Waals surface area contributed by atoms with E-state index in [4.69, 9.17) is 4.74 Å². The monoisotopic (exact) mass is 435 g/mol. The van der Waals surface area contributed by atoms with E-state index in [-0.39, 0.29) is 6.54 Å². The van der Waals surface area contributed by atoms with E-state index in [9.17, 15) is 21.6 Å². The molecule has 1 N–H and O–H groups in total. The lowest BCUT2D eigenvalue weighted by Crippen LogP contribution is -2.26. The molecule has 3 aromatic carbocycles. The zero-order valence-corrected chi connectivity index (χ0v) is 16.7. The van der Waals surface area contributed by atoms with Gasteiger partial charge in [0.05, 0.1) is 23.7 Å². The van der Waals surface area contributed by atoms with Crippen molar-refractivity contribution in [1.29, 1.82) is 0 Å². The van der Waals surface area contributed by atoms with E-state index in [1.165, 1.54) is 6.07 Å². The Balaban J connectivity index is 1.64. The molecule has 0 unspecified atom stereocenters. The number of hydrogen-bond donors (Lipinski definition) is 1. The van der Waals surface area contributed by atoms with Crippen molar-refractivity contribution in [3.63, 3.8) is 0 Å². The highest BCUT2D eigenvalue weighted by atomic mass is 32.2. The van der Waals surface area contributed by atoms with Crippen LogP contribution in [-0.2, 0) is 40.7 Å². The molecule has 0 aliphatic carbocycles. The van der Waals surface area contributed by atoms with Gasteiger partial charge in [-0.05, 0) is 28.8 Å². The minimum absolute atomic E-state index is 0.138. The van der Waals surface area contributed by atoms with Gasteiger partial charge in [0, 0.05) is 6.54 Å². The van der Waals surface area contributed by atoms with Crippen LogP contribution < -0.4 is 4.72 Å². The predicted octanol–water partition coefficient (Wildman–Crippen LogP) is 4.90. The molecule has 30 heavy (non-hydrogen) atoms. The minimum Gasteiger partial charge on any atom is -0.372 e. The Bertz CT molecular complexity index is 1080. The van der Waals surface area contributed by atoms with E-state index < -0.39 is 26.7 Å². The molecule has 0 aliphatic rings. The Morgan fingerprint density at radius 3 is 2.10 bits per heavy atom. The lowest BCUT2D eigenvalue weighted by Gasteiger charge is -2.14. The highest BCUT2D eigenvalue weighted by molar-refractivity contribution is 7.89. The van der Waals surface area contributed by atoms with Crippen molar-refractivity contribution < 1.29 is 26.3 Å². The first-order chi connectivity index (χ1) is 14.3. The summed E-state index contributed by atoms with van der Waals surface area (Å²) in [5.74, 6) is 0. The quantitative estimate of drug-likeness (QED) is 0.548. The zero-order chi connectivity index (χ0) is 21.6. The van der Waals surface area contributed by atoms with E-state index in [2.05, 4.69) is 4.72 Å². The van der Waals surface area contributed by atoms with Gasteiger partial charge in [0.25, 0.3) is 0 Å². The molecule has 0 aromatic heterocycles. The van der Waals surface area contributed by atoms with Crippen LogP contribution in [-0.4, -0.2) is 8.42 Å². The van der Waals surface area contributed by atoms with Gasteiger partial charge in [-0.1, -0.05) is 66.7 Å². The molecule has 0 saturated heterocycles. The smallest absolute Gasteiger partial charge is 0.372 e. The van der Waals surface area contributed by atoms with Gasteiger partial charge in [0.15, 0.2) is 0 Å². The highest BCUT2D eigenvalue weighted by Gasteiger charge is 2.36. The maximum atomic E-state index is 13.1. The molecule has 0 bridgehead atoms. The van der Waals surface area contributed by atoms with Crippen molar-refractivity contribution >= 4 is 10.0 Å². The molecular formula is C22H20F3NO3S. The van der Waals surface area contributed by atoms with E-state index in [0.29, 0.717) is 18.8 Å². The first-order valence-corrected chi connectivity index (χ1v) is 10.6. The highest BCUT2D eigenvalue weighted by Crippen LogP contribution is 2.33. The maximum absolute atomic E-state index is 13.1. The zero-order valence-electron chi connectivity index (χ0n) is 15.9. The van der Waals surface area contributed by atoms with Gasteiger partial charge in [-0.3, -0.25) is 0 Å². The van der Waals surface area contributed by atoms with Crippen LogP contribution in [0.4, 0.5) is 13.2 Å². The summed E-state index contributed by atoms with van der Waals surface area (Å²) in [5.41, 5.74) is 1.28. The van der Waals surface area contributed by atoms with Gasteiger partial charge < -0.3 is 4.74 Å². The number of benzene rings is 3. The summed E-state index contributed by atoms with van der Waals surface area (Å²) < 4.78 is 72.2. The lowest BCUT2D eigenvalue weighted by molar-refractivity contribution is -0.139. The summed E-state index contributed by atoms with van der Waals surface area (Å²) in [6, 6.07) is 20.8. The molecule has 0 aliphatic heterocycles. The molecule has 8 heteroatoms. The summed E-state index contributed by atoms with van der Waals surface area (Å²) in [7, 11) is -4.34. The molecular weight excluding hydrogens is 415 g/mol. The number of nitrogens with one attached hydrogen (secondary N) is 1. The van der Waals surface area contributed by atoms with Crippen LogP contribution >= 0.6 is 0 Å². The third kappa shape index (κ3) is 5.91. The lowest BCUT2D eigenvalue weighted by atomic mass is 10.1. The van der Waals surface area contributed by atoms with Crippen molar-refractivity contribution in [3.8, 4) is 0 Å². The second-order valence-corrected chi connectivity index (χ2v) is 8.35. The molecule has 0 saturated carbocycles. The van der Waals surface area contributed by atoms with Crippen LogP contribution in [0.25, 0.3) is 0 Å². The molecule has 0 spiro atoms. The standard InChI is InChI=1S/C22H20F3NO3S/c23-22(24,25)20-11-4-5-12-21(20)30(27,28)26-14-18-9-6-10-19(13-18)16-29-15-17-7-2-1-3-8-17/h1-13,26H,14-16H2. The Hall–Kier alpha value is -2.68. The van der Waals surface area contributed by atoms with E-state index in [0.717, 1.165) is 29.3 Å². The summed E-state index contributed by atoms with van der Waals surface area (Å²) in [5, 5.41) is 0. The Labute approximate surface area is 173 Å². The van der Waals surface area contributed by atoms with E-state index in [1.54, 1.807) is 18.2 Å². The van der Waals surface area contributed by atoms with Gasteiger partial charge in [-0.2, -0.15) is 13.2 Å². The van der Waals surface area contributed by atoms with Crippen molar-refractivity contribution in [2.24, 2.45) is 0 Å². The minimum atomic E-state index is -4.76. The molecule has 3 rings (SSSR count). The largest absolute Gasteiger partial charge is 0.417 e. The Morgan fingerprint density at radius 1 is 0.767 bits per heavy atom. The second kappa shape index (κ2) is 9.42. The van der Waals surface area contributed by atoms with Gasteiger partial charge in [-0.25, -0.2) is 13.1 Å². The average Bonchev–Trinajstić information content (AvgIpc) is 2.73. The van der Waals surface area contributed by atoms with Crippen LogP contribution in [0, 0.1) is 0 Å². The van der Waals surface area contributed by atoms with E-state index >= 15 is 0 Å². The summed E-state index contributed by atoms with van der Waals surface area (Å²) >= 11 is 0. The van der Waals surface area contributed by atoms with Gasteiger partial charge in [0.1, 0.15) is 0 Å². The van der Waals surface area contributed by atoms with Crippen LogP contribution in [0.1, 0.15) is 22.3 Å². The topological polar surface area (TPSA) is 55.4 Å². The van der Waals surface area contributed by atoms with Gasteiger partial charge in [0.2, 0.25) is 10.0 Å². The Kier molecular flexibility index (Phi) is 6.91. The summed E-state index contributed by atoms with van der Waals surface area (Å²) in [6.07, 6.45) is -4.76. The third-order valence-corrected chi connectivity index (χ3v) is 5.78. The number of halogens is 3. The van der Waals surface area contributed by atoms with Crippen LogP contribution in [0.3, 0.4) is 0 Å². The van der Waals surface area contributed by atoms with Crippen molar-refractivity contribution in [1.82, 2.24) is 4.72 Å². The molecule has 0 radical (unpaired) electrons. The molecule has 3 aromatic rings. The first-order valence-electron chi connectivity index (χ1n) is 9.11. The number of sulfonamides is 1. The van der Waals surface area contributed by atoms with Gasteiger partial charge in [-0.15, -0.1) is 0 Å². The maximum Gasteiger partial charge on any atom is 0.417 e. The summed E-state index contributed by atoms with van der Waals surface area (Å²) in [6.45, 7) is 0.624. The van der Waals surface area contributed by atoms with Crippen LogP contribution in [0.5, 0.6) is 0 Å². The van der Waals surface area contributed by atoms with Crippen molar-refractivity contribution in [3.05, 3.63) is 101 Å². The second-order valence-electron chi connectivity index (χ2n) is 6.62. The first kappa shape index (κ1) is 22.0. The molecule has 158 valence electrons. The predicted molar refractivity (Wildman–Crippen MR) is 107 cm³/mol. The number of hydrogen-bond acceptors (Lipinski definition) is 3. The molecule has 0 atom stereocenters. The van der Waals surface area contributed by atoms with Crippen molar-refractivity contribution in [2.75, 3.05) is 0 Å². The fourth-order valence-corrected chi connectivity index (χ4v) is 4.12. The number of rotatable bonds is 8. The Morgan fingerprint density at radius 2 is 1.37 bits per heavy atom. The molecule has 0 heterocycles. The molecule has 0 fully saturated rings. The average molecular weight is 435 g/mol. The fraction of sp³-hybridized carbons (Fsp3) is 0.182. The fourth-order valence-electron chi connectivity index (χ4n) is 2.88. The van der Waals surface area contributed by atoms with Gasteiger partial charge >= 0.3 is 6.18 Å². The van der Waals surface area contributed by atoms with Crippen LogP contribution in [0.15, 0.2) is 83.8 Å². The van der Waals surface area contributed by atoms with Crippen molar-refractivity contribution in [2.45, 2.75) is 30.8 Å². The van der Waals surface area contributed by atoms with Crippen LogP contribution in [0.2, 0.25) is 0 Å². The van der Waals surface area contributed by atoms with E-state index in [1.807, 2.05) is 36.4 Å². The summed E-state index contributed by atoms with van der Waals surface area (Å²) in [4.78, 5) is -0.792. The third-order valence-electron chi connectivity index (χ3n) is 4.32. The molecule has 4 nitrogen and oxygen atoms in total. The SMILES string of the molecule is O=S(=O)(NCc1cccc(COCc2ccccc2)c1)c1ccccc1C(F)(F)F. The number of alkyl halides is 3. The normalized spacial score (nSPS) is 12.1.